The molecule has 8 nitrogen and oxygen atoms in total. The van der Waals surface area contributed by atoms with Crippen molar-refractivity contribution in [2.75, 3.05) is 10.6 Å². The maximum absolute atomic E-state index is 14.9. The van der Waals surface area contributed by atoms with Gasteiger partial charge in [-0.2, -0.15) is 0 Å². The standard InChI is InChI=1S/C26H19ClFN5O3/c27-17-8-11-22(29-14-17)31-26(36)33-15-16-5-1-2-6-19(16)24(33)25(35)30-21-10-9-18(13-20(21)28)32-12-4-3-7-23(32)34/h1-14,24H,15H2,(H,30,35)(H,29,31,36). The summed E-state index contributed by atoms with van der Waals surface area (Å²) in [5.74, 6) is -1.02. The Morgan fingerprint density at radius 1 is 1.00 bits per heavy atom. The highest BCUT2D eigenvalue weighted by Crippen LogP contribution is 2.35. The first-order valence-electron chi connectivity index (χ1n) is 11.0. The minimum Gasteiger partial charge on any atom is -0.321 e. The first kappa shape index (κ1) is 23.3. The molecule has 0 saturated carbocycles. The van der Waals surface area contributed by atoms with Crippen LogP contribution in [-0.2, 0) is 11.3 Å². The number of benzene rings is 2. The number of carbonyl (C=O) groups is 2. The summed E-state index contributed by atoms with van der Waals surface area (Å²) in [6.45, 7) is 0.187. The number of pyridine rings is 2. The predicted octanol–water partition coefficient (Wildman–Crippen LogP) is 4.75. The highest BCUT2D eigenvalue weighted by Gasteiger charge is 2.38. The minimum atomic E-state index is -0.996. The second kappa shape index (κ2) is 9.63. The Labute approximate surface area is 210 Å². The van der Waals surface area contributed by atoms with Gasteiger partial charge in [-0.25, -0.2) is 14.2 Å². The van der Waals surface area contributed by atoms with E-state index in [2.05, 4.69) is 15.6 Å². The van der Waals surface area contributed by atoms with E-state index in [9.17, 15) is 18.8 Å². The summed E-state index contributed by atoms with van der Waals surface area (Å²) in [4.78, 5) is 43.9. The Bertz CT molecular complexity index is 1520. The lowest BCUT2D eigenvalue weighted by atomic mass is 10.0. The van der Waals surface area contributed by atoms with Crippen LogP contribution in [0.2, 0.25) is 5.02 Å². The Morgan fingerprint density at radius 3 is 2.56 bits per heavy atom. The smallest absolute Gasteiger partial charge is 0.321 e. The molecule has 10 heteroatoms. The molecule has 3 heterocycles. The van der Waals surface area contributed by atoms with Gasteiger partial charge in [0.15, 0.2) is 0 Å². The molecule has 1 aliphatic rings. The van der Waals surface area contributed by atoms with Crippen LogP contribution >= 0.6 is 11.6 Å². The summed E-state index contributed by atoms with van der Waals surface area (Å²) >= 11 is 5.86. The lowest BCUT2D eigenvalue weighted by Gasteiger charge is -2.25. The number of aromatic nitrogens is 2. The van der Waals surface area contributed by atoms with Crippen LogP contribution in [-0.4, -0.2) is 26.4 Å². The van der Waals surface area contributed by atoms with E-state index in [0.29, 0.717) is 16.3 Å². The van der Waals surface area contributed by atoms with Crippen molar-refractivity contribution < 1.29 is 14.0 Å². The molecule has 1 atom stereocenters. The fourth-order valence-electron chi connectivity index (χ4n) is 4.09. The normalized spacial score (nSPS) is 14.3. The number of hydrogen-bond acceptors (Lipinski definition) is 4. The van der Waals surface area contributed by atoms with Gasteiger partial charge >= 0.3 is 6.03 Å². The number of amides is 3. The van der Waals surface area contributed by atoms with Crippen LogP contribution in [0.3, 0.4) is 0 Å². The molecule has 5 rings (SSSR count). The molecule has 0 bridgehead atoms. The summed E-state index contributed by atoms with van der Waals surface area (Å²) in [6.07, 6.45) is 2.92. The lowest BCUT2D eigenvalue weighted by molar-refractivity contribution is -0.120. The number of urea groups is 1. The number of halogens is 2. The average molecular weight is 504 g/mol. The fraction of sp³-hybridized carbons (Fsp3) is 0.0769. The number of rotatable bonds is 4. The fourth-order valence-corrected chi connectivity index (χ4v) is 4.20. The van der Waals surface area contributed by atoms with Crippen LogP contribution in [0.5, 0.6) is 0 Å². The highest BCUT2D eigenvalue weighted by atomic mass is 35.5. The second-order valence-electron chi connectivity index (χ2n) is 8.08. The number of fused-ring (bicyclic) bond motifs is 1. The van der Waals surface area contributed by atoms with E-state index >= 15 is 0 Å². The van der Waals surface area contributed by atoms with Gasteiger partial charge in [-0.05, 0) is 41.5 Å². The van der Waals surface area contributed by atoms with Gasteiger partial charge in [0.2, 0.25) is 0 Å². The maximum atomic E-state index is 14.9. The number of carbonyl (C=O) groups excluding carboxylic acids is 2. The van der Waals surface area contributed by atoms with Crippen molar-refractivity contribution in [3.8, 4) is 5.69 Å². The molecule has 2 N–H and O–H groups in total. The topological polar surface area (TPSA) is 96.3 Å². The Morgan fingerprint density at radius 2 is 1.81 bits per heavy atom. The number of hydrogen-bond donors (Lipinski definition) is 2. The summed E-state index contributed by atoms with van der Waals surface area (Å²) in [5, 5.41) is 5.67. The summed E-state index contributed by atoms with van der Waals surface area (Å²) in [7, 11) is 0. The van der Waals surface area contributed by atoms with E-state index < -0.39 is 23.8 Å². The third-order valence-electron chi connectivity index (χ3n) is 5.78. The minimum absolute atomic E-state index is 0.0724. The van der Waals surface area contributed by atoms with Crippen molar-refractivity contribution in [3.05, 3.63) is 118 Å². The van der Waals surface area contributed by atoms with E-state index in [1.807, 2.05) is 12.1 Å². The van der Waals surface area contributed by atoms with Crippen LogP contribution in [0.4, 0.5) is 20.7 Å². The van der Waals surface area contributed by atoms with Gasteiger partial charge in [0.1, 0.15) is 17.7 Å². The third kappa shape index (κ3) is 4.56. The molecule has 36 heavy (non-hydrogen) atoms. The van der Waals surface area contributed by atoms with Crippen molar-refractivity contribution in [1.82, 2.24) is 14.5 Å². The van der Waals surface area contributed by atoms with E-state index in [4.69, 9.17) is 11.6 Å². The average Bonchev–Trinajstić information content (AvgIpc) is 3.27. The molecule has 4 aromatic rings. The van der Waals surface area contributed by atoms with Gasteiger partial charge in [0.05, 0.1) is 16.4 Å². The predicted molar refractivity (Wildman–Crippen MR) is 134 cm³/mol. The molecule has 2 aromatic heterocycles. The molecule has 0 radical (unpaired) electrons. The van der Waals surface area contributed by atoms with Crippen LogP contribution < -0.4 is 16.2 Å². The molecule has 0 saturated heterocycles. The maximum Gasteiger partial charge on any atom is 0.324 e. The molecule has 2 aromatic carbocycles. The second-order valence-corrected chi connectivity index (χ2v) is 8.52. The molecule has 3 amide bonds. The first-order chi connectivity index (χ1) is 17.4. The zero-order valence-electron chi connectivity index (χ0n) is 18.7. The molecule has 1 unspecified atom stereocenters. The van der Waals surface area contributed by atoms with Crippen LogP contribution in [0.1, 0.15) is 17.2 Å². The third-order valence-corrected chi connectivity index (χ3v) is 6.01. The Hall–Kier alpha value is -4.50. The van der Waals surface area contributed by atoms with Crippen LogP contribution in [0, 0.1) is 5.82 Å². The Balaban J connectivity index is 1.40. The van der Waals surface area contributed by atoms with Gasteiger partial charge in [0.25, 0.3) is 11.5 Å². The van der Waals surface area contributed by atoms with Crippen LogP contribution in [0.15, 0.2) is 90.0 Å². The van der Waals surface area contributed by atoms with Crippen molar-refractivity contribution in [3.63, 3.8) is 0 Å². The quantitative estimate of drug-likeness (QED) is 0.420. The first-order valence-corrected chi connectivity index (χ1v) is 11.3. The van der Waals surface area contributed by atoms with Gasteiger partial charge in [-0.3, -0.25) is 19.5 Å². The van der Waals surface area contributed by atoms with E-state index in [1.165, 1.54) is 40.1 Å². The zero-order valence-corrected chi connectivity index (χ0v) is 19.4. The van der Waals surface area contributed by atoms with E-state index in [-0.39, 0.29) is 23.6 Å². The largest absolute Gasteiger partial charge is 0.324 e. The van der Waals surface area contributed by atoms with E-state index in [0.717, 1.165) is 11.6 Å². The number of nitrogens with zero attached hydrogens (tertiary/aromatic N) is 3. The van der Waals surface area contributed by atoms with Gasteiger partial charge in [-0.1, -0.05) is 41.9 Å². The molecular weight excluding hydrogens is 485 g/mol. The summed E-state index contributed by atoms with van der Waals surface area (Å²) in [6, 6.07) is 17.5. The Kier molecular flexibility index (Phi) is 6.22. The zero-order chi connectivity index (χ0) is 25.2. The van der Waals surface area contributed by atoms with Crippen molar-refractivity contribution in [1.29, 1.82) is 0 Å². The van der Waals surface area contributed by atoms with Crippen molar-refractivity contribution in [2.45, 2.75) is 12.6 Å². The number of nitrogens with one attached hydrogen (secondary N) is 2. The highest BCUT2D eigenvalue weighted by molar-refractivity contribution is 6.30. The van der Waals surface area contributed by atoms with Gasteiger partial charge in [0, 0.05) is 31.1 Å². The monoisotopic (exact) mass is 503 g/mol. The number of anilines is 2. The van der Waals surface area contributed by atoms with Gasteiger partial charge in [-0.15, -0.1) is 0 Å². The summed E-state index contributed by atoms with van der Waals surface area (Å²) < 4.78 is 16.2. The molecular formula is C26H19ClFN5O3. The molecule has 0 spiro atoms. The van der Waals surface area contributed by atoms with Crippen molar-refractivity contribution in [2.24, 2.45) is 0 Å². The molecule has 180 valence electrons. The summed E-state index contributed by atoms with van der Waals surface area (Å²) in [5.41, 5.74) is 1.38. The van der Waals surface area contributed by atoms with Crippen molar-refractivity contribution >= 4 is 35.0 Å². The molecule has 1 aliphatic heterocycles. The molecule has 0 aliphatic carbocycles. The van der Waals surface area contributed by atoms with E-state index in [1.54, 1.807) is 36.4 Å². The van der Waals surface area contributed by atoms with Gasteiger partial charge < -0.3 is 10.2 Å². The molecule has 0 fully saturated rings. The lowest BCUT2D eigenvalue weighted by Crippen LogP contribution is -2.39. The van der Waals surface area contributed by atoms with Crippen LogP contribution in [0.25, 0.3) is 5.69 Å². The SMILES string of the molecule is O=C(Nc1ccc(-n2ccccc2=O)cc1F)C1c2ccccc2CN1C(=O)Nc1ccc(Cl)cn1.